The predicted octanol–water partition coefficient (Wildman–Crippen LogP) is 4.09. The van der Waals surface area contributed by atoms with E-state index in [2.05, 4.69) is 13.8 Å². The third-order valence-corrected chi connectivity index (χ3v) is 5.02. The number of aryl methyl sites for hydroxylation is 1. The van der Waals surface area contributed by atoms with Gasteiger partial charge in [-0.05, 0) is 37.3 Å². The fourth-order valence-electron chi connectivity index (χ4n) is 2.50. The molecule has 1 saturated carbocycles. The molecule has 2 nitrogen and oxygen atoms in total. The van der Waals surface area contributed by atoms with Gasteiger partial charge in [0, 0.05) is 4.88 Å². The molecular weight excluding hydrogens is 244 g/mol. The van der Waals surface area contributed by atoms with Crippen molar-refractivity contribution >= 4 is 17.1 Å². The first-order chi connectivity index (χ1) is 8.70. The number of carbonyl (C=O) groups is 1. The molecule has 1 aromatic rings. The van der Waals surface area contributed by atoms with Gasteiger partial charge in [-0.3, -0.25) is 4.79 Å². The highest BCUT2D eigenvalue weighted by Crippen LogP contribution is 2.26. The molecule has 1 aromatic heterocycles. The van der Waals surface area contributed by atoms with Crippen LogP contribution in [0, 0.1) is 5.92 Å². The fraction of sp³-hybridized carbons (Fsp3) is 0.667. The molecule has 2 rings (SSSR count). The summed E-state index contributed by atoms with van der Waals surface area (Å²) in [7, 11) is 0. The zero-order valence-corrected chi connectivity index (χ0v) is 12.1. The van der Waals surface area contributed by atoms with Gasteiger partial charge in [-0.2, -0.15) is 0 Å². The van der Waals surface area contributed by atoms with Crippen molar-refractivity contribution in [3.63, 3.8) is 0 Å². The lowest BCUT2D eigenvalue weighted by atomic mass is 9.88. The SMILES string of the molecule is CCc1ccc(C(=O)COC2CCCCC2C)s1. The van der Waals surface area contributed by atoms with Gasteiger partial charge in [-0.1, -0.05) is 26.7 Å². The molecule has 0 N–H and O–H groups in total. The molecular formula is C15H22O2S. The van der Waals surface area contributed by atoms with Crippen LogP contribution in [0.25, 0.3) is 0 Å². The summed E-state index contributed by atoms with van der Waals surface area (Å²) >= 11 is 1.60. The van der Waals surface area contributed by atoms with Crippen LogP contribution >= 0.6 is 11.3 Å². The number of ketones is 1. The maximum absolute atomic E-state index is 12.0. The minimum atomic E-state index is 0.137. The van der Waals surface area contributed by atoms with Gasteiger partial charge in [0.05, 0.1) is 11.0 Å². The summed E-state index contributed by atoms with van der Waals surface area (Å²) in [5.41, 5.74) is 0. The summed E-state index contributed by atoms with van der Waals surface area (Å²) < 4.78 is 5.81. The number of hydrogen-bond donors (Lipinski definition) is 0. The maximum Gasteiger partial charge on any atom is 0.198 e. The molecule has 2 unspecified atom stereocenters. The van der Waals surface area contributed by atoms with Crippen LogP contribution in [0.15, 0.2) is 12.1 Å². The van der Waals surface area contributed by atoms with Gasteiger partial charge in [0.2, 0.25) is 0 Å². The molecule has 0 amide bonds. The third kappa shape index (κ3) is 3.42. The Balaban J connectivity index is 1.84. The van der Waals surface area contributed by atoms with Crippen LogP contribution in [-0.4, -0.2) is 18.5 Å². The van der Waals surface area contributed by atoms with Gasteiger partial charge in [-0.15, -0.1) is 11.3 Å². The summed E-state index contributed by atoms with van der Waals surface area (Å²) in [5.74, 6) is 0.735. The van der Waals surface area contributed by atoms with Crippen molar-refractivity contribution in [2.24, 2.45) is 5.92 Å². The first-order valence-corrected chi connectivity index (χ1v) is 7.76. The van der Waals surface area contributed by atoms with Crippen LogP contribution in [0.5, 0.6) is 0 Å². The zero-order valence-electron chi connectivity index (χ0n) is 11.3. The number of rotatable bonds is 5. The molecule has 0 radical (unpaired) electrons. The minimum Gasteiger partial charge on any atom is -0.370 e. The highest BCUT2D eigenvalue weighted by molar-refractivity contribution is 7.14. The van der Waals surface area contributed by atoms with Crippen LogP contribution in [0.2, 0.25) is 0 Å². The molecule has 0 saturated heterocycles. The lowest BCUT2D eigenvalue weighted by molar-refractivity contribution is 0.000897. The molecule has 1 aliphatic rings. The van der Waals surface area contributed by atoms with Crippen LogP contribution in [0.1, 0.15) is 54.1 Å². The predicted molar refractivity (Wildman–Crippen MR) is 75.4 cm³/mol. The molecule has 0 bridgehead atoms. The summed E-state index contributed by atoms with van der Waals surface area (Å²) in [6.45, 7) is 4.59. The quantitative estimate of drug-likeness (QED) is 0.750. The Morgan fingerprint density at radius 1 is 1.39 bits per heavy atom. The normalized spacial score (nSPS) is 24.1. The van der Waals surface area contributed by atoms with E-state index in [1.54, 1.807) is 11.3 Å². The maximum atomic E-state index is 12.0. The van der Waals surface area contributed by atoms with Crippen molar-refractivity contribution in [2.45, 2.75) is 52.1 Å². The van der Waals surface area contributed by atoms with Crippen molar-refractivity contribution < 1.29 is 9.53 Å². The van der Waals surface area contributed by atoms with Crippen molar-refractivity contribution in [3.05, 3.63) is 21.9 Å². The molecule has 18 heavy (non-hydrogen) atoms. The van der Waals surface area contributed by atoms with Crippen LogP contribution in [-0.2, 0) is 11.2 Å². The second-order valence-corrected chi connectivity index (χ2v) is 6.32. The number of thiophene rings is 1. The number of carbonyl (C=O) groups excluding carboxylic acids is 1. The first kappa shape index (κ1) is 13.8. The monoisotopic (exact) mass is 266 g/mol. The number of ether oxygens (including phenoxy) is 1. The van der Waals surface area contributed by atoms with Gasteiger partial charge in [0.1, 0.15) is 6.61 Å². The van der Waals surface area contributed by atoms with Gasteiger partial charge < -0.3 is 4.74 Å². The van der Waals surface area contributed by atoms with Crippen molar-refractivity contribution in [1.29, 1.82) is 0 Å². The lowest BCUT2D eigenvalue weighted by Gasteiger charge is -2.28. The van der Waals surface area contributed by atoms with Crippen LogP contribution in [0.3, 0.4) is 0 Å². The van der Waals surface area contributed by atoms with E-state index in [4.69, 9.17) is 4.74 Å². The molecule has 1 heterocycles. The van der Waals surface area contributed by atoms with Crippen molar-refractivity contribution in [1.82, 2.24) is 0 Å². The minimum absolute atomic E-state index is 0.137. The van der Waals surface area contributed by atoms with Gasteiger partial charge in [0.25, 0.3) is 0 Å². The molecule has 0 aliphatic heterocycles. The smallest absolute Gasteiger partial charge is 0.198 e. The Hall–Kier alpha value is -0.670. The second kappa shape index (κ2) is 6.48. The Morgan fingerprint density at radius 2 is 2.17 bits per heavy atom. The van der Waals surface area contributed by atoms with E-state index in [9.17, 15) is 4.79 Å². The van der Waals surface area contributed by atoms with E-state index in [0.717, 1.165) is 17.7 Å². The summed E-state index contributed by atoms with van der Waals surface area (Å²) in [5, 5.41) is 0. The average molecular weight is 266 g/mol. The van der Waals surface area contributed by atoms with E-state index in [1.807, 2.05) is 12.1 Å². The zero-order chi connectivity index (χ0) is 13.0. The van der Waals surface area contributed by atoms with Gasteiger partial charge >= 0.3 is 0 Å². The van der Waals surface area contributed by atoms with E-state index in [-0.39, 0.29) is 18.5 Å². The highest BCUT2D eigenvalue weighted by Gasteiger charge is 2.23. The summed E-state index contributed by atoms with van der Waals surface area (Å²) in [6.07, 6.45) is 6.17. The standard InChI is InChI=1S/C15H22O2S/c1-3-12-8-9-15(18-12)13(16)10-17-14-7-5-4-6-11(14)2/h8-9,11,14H,3-7,10H2,1-2H3. The topological polar surface area (TPSA) is 26.3 Å². The summed E-state index contributed by atoms with van der Waals surface area (Å²) in [4.78, 5) is 14.1. The molecule has 0 aromatic carbocycles. The summed E-state index contributed by atoms with van der Waals surface area (Å²) in [6, 6.07) is 3.97. The third-order valence-electron chi connectivity index (χ3n) is 3.75. The average Bonchev–Trinajstić information content (AvgIpc) is 2.86. The highest BCUT2D eigenvalue weighted by atomic mass is 32.1. The van der Waals surface area contributed by atoms with Gasteiger partial charge in [-0.25, -0.2) is 0 Å². The van der Waals surface area contributed by atoms with Crippen molar-refractivity contribution in [3.8, 4) is 0 Å². The number of Topliss-reactive ketones (excluding diaryl/α,β-unsaturated/α-hetero) is 1. The number of hydrogen-bond acceptors (Lipinski definition) is 3. The van der Waals surface area contributed by atoms with Crippen LogP contribution < -0.4 is 0 Å². The Labute approximate surface area is 113 Å². The lowest BCUT2D eigenvalue weighted by Crippen LogP contribution is -2.27. The van der Waals surface area contributed by atoms with Crippen molar-refractivity contribution in [2.75, 3.05) is 6.61 Å². The largest absolute Gasteiger partial charge is 0.370 e. The molecule has 2 atom stereocenters. The van der Waals surface area contributed by atoms with E-state index in [1.165, 1.54) is 24.1 Å². The van der Waals surface area contributed by atoms with Crippen LogP contribution in [0.4, 0.5) is 0 Å². The molecule has 3 heteroatoms. The Kier molecular flexibility index (Phi) is 4.95. The Bertz CT molecular complexity index is 397. The van der Waals surface area contributed by atoms with E-state index in [0.29, 0.717) is 5.92 Å². The van der Waals surface area contributed by atoms with E-state index >= 15 is 0 Å². The molecule has 1 fully saturated rings. The first-order valence-electron chi connectivity index (χ1n) is 6.94. The second-order valence-electron chi connectivity index (χ2n) is 5.15. The Morgan fingerprint density at radius 3 is 2.83 bits per heavy atom. The molecule has 1 aliphatic carbocycles. The van der Waals surface area contributed by atoms with Gasteiger partial charge in [0.15, 0.2) is 5.78 Å². The molecule has 100 valence electrons. The fourth-order valence-corrected chi connectivity index (χ4v) is 3.37. The molecule has 0 spiro atoms. The van der Waals surface area contributed by atoms with E-state index < -0.39 is 0 Å².